The van der Waals surface area contributed by atoms with E-state index in [1.165, 1.54) is 4.90 Å². The van der Waals surface area contributed by atoms with Crippen molar-refractivity contribution >= 4 is 23.0 Å². The largest absolute Gasteiger partial charge is 0.401 e. The topological polar surface area (TPSA) is 45.4 Å². The van der Waals surface area contributed by atoms with Crippen molar-refractivity contribution in [1.29, 1.82) is 0 Å². The van der Waals surface area contributed by atoms with Crippen LogP contribution in [0, 0.1) is 6.92 Å². The van der Waals surface area contributed by atoms with Gasteiger partial charge in [-0.05, 0) is 18.6 Å². The minimum absolute atomic E-state index is 0.258. The molecule has 0 atom stereocenters. The van der Waals surface area contributed by atoms with Gasteiger partial charge in [-0.3, -0.25) is 4.90 Å². The Morgan fingerprint density at radius 3 is 2.48 bits per heavy atom. The fraction of sp³-hybridized carbons (Fsp3) is 0.538. The van der Waals surface area contributed by atoms with E-state index in [-0.39, 0.29) is 4.99 Å². The van der Waals surface area contributed by atoms with Gasteiger partial charge in [0.2, 0.25) is 0 Å². The zero-order valence-corrected chi connectivity index (χ0v) is 12.5. The highest BCUT2D eigenvalue weighted by atomic mass is 32.1. The van der Waals surface area contributed by atoms with E-state index in [0.29, 0.717) is 37.6 Å². The zero-order chi connectivity index (χ0) is 15.6. The summed E-state index contributed by atoms with van der Waals surface area (Å²) in [6, 6.07) is 1.82. The lowest BCUT2D eigenvalue weighted by Crippen LogP contribution is -2.49. The first-order valence-electron chi connectivity index (χ1n) is 6.57. The number of thiocarbonyl (C=S) groups is 1. The molecule has 1 aliphatic heterocycles. The molecular weight excluding hydrogens is 301 g/mol. The van der Waals surface area contributed by atoms with E-state index in [1.807, 2.05) is 17.9 Å². The predicted molar refractivity (Wildman–Crippen MR) is 79.6 cm³/mol. The molecule has 2 N–H and O–H groups in total. The molecule has 0 radical (unpaired) electrons. The first kappa shape index (κ1) is 16.0. The summed E-state index contributed by atoms with van der Waals surface area (Å²) < 4.78 is 37.1. The number of pyridine rings is 1. The van der Waals surface area contributed by atoms with E-state index in [4.69, 9.17) is 18.0 Å². The van der Waals surface area contributed by atoms with Gasteiger partial charge in [-0.15, -0.1) is 0 Å². The number of anilines is 1. The van der Waals surface area contributed by atoms with Crippen LogP contribution in [0.1, 0.15) is 11.1 Å². The molecule has 0 spiro atoms. The molecule has 1 saturated heterocycles. The normalized spacial score (nSPS) is 17.0. The Labute approximate surface area is 126 Å². The Hall–Kier alpha value is -1.41. The maximum Gasteiger partial charge on any atom is 0.401 e. The summed E-state index contributed by atoms with van der Waals surface area (Å²) in [5, 5.41) is 0. The fourth-order valence-corrected chi connectivity index (χ4v) is 2.71. The summed E-state index contributed by atoms with van der Waals surface area (Å²) in [6.45, 7) is 2.64. The minimum Gasteiger partial charge on any atom is -0.389 e. The second kappa shape index (κ2) is 6.15. The van der Waals surface area contributed by atoms with Crippen molar-refractivity contribution < 1.29 is 13.2 Å². The van der Waals surface area contributed by atoms with E-state index in [9.17, 15) is 13.2 Å². The van der Waals surface area contributed by atoms with Crippen LogP contribution in [0.3, 0.4) is 0 Å². The Kier molecular flexibility index (Phi) is 4.67. The quantitative estimate of drug-likeness (QED) is 0.860. The van der Waals surface area contributed by atoms with Crippen molar-refractivity contribution in [2.75, 3.05) is 37.6 Å². The highest BCUT2D eigenvalue weighted by Gasteiger charge is 2.32. The summed E-state index contributed by atoms with van der Waals surface area (Å²) >= 11 is 5.05. The molecule has 2 heterocycles. The van der Waals surface area contributed by atoms with Crippen LogP contribution in [0.4, 0.5) is 19.0 Å². The number of aromatic nitrogens is 1. The predicted octanol–water partition coefficient (Wildman–Crippen LogP) is 1.71. The van der Waals surface area contributed by atoms with Gasteiger partial charge in [0.25, 0.3) is 0 Å². The number of aryl methyl sites for hydroxylation is 1. The molecule has 21 heavy (non-hydrogen) atoms. The molecule has 2 rings (SSSR count). The van der Waals surface area contributed by atoms with E-state index >= 15 is 0 Å². The molecule has 0 aliphatic carbocycles. The summed E-state index contributed by atoms with van der Waals surface area (Å²) in [5.41, 5.74) is 7.37. The van der Waals surface area contributed by atoms with Crippen LogP contribution in [0.2, 0.25) is 0 Å². The maximum atomic E-state index is 12.4. The minimum atomic E-state index is -4.16. The Balaban J connectivity index is 2.10. The first-order valence-corrected chi connectivity index (χ1v) is 6.98. The van der Waals surface area contributed by atoms with Crippen molar-refractivity contribution in [2.45, 2.75) is 13.1 Å². The molecule has 4 nitrogen and oxygen atoms in total. The van der Waals surface area contributed by atoms with Gasteiger partial charge in [-0.2, -0.15) is 13.2 Å². The van der Waals surface area contributed by atoms with Gasteiger partial charge in [-0.1, -0.05) is 12.2 Å². The van der Waals surface area contributed by atoms with Crippen LogP contribution in [0.25, 0.3) is 0 Å². The fourth-order valence-electron chi connectivity index (χ4n) is 2.46. The van der Waals surface area contributed by atoms with Gasteiger partial charge in [0.1, 0.15) is 10.8 Å². The van der Waals surface area contributed by atoms with Crippen LogP contribution in [0.5, 0.6) is 0 Å². The number of nitrogens with zero attached hydrogens (tertiary/aromatic N) is 3. The average Bonchev–Trinajstić information content (AvgIpc) is 2.37. The molecule has 116 valence electrons. The Morgan fingerprint density at radius 1 is 1.33 bits per heavy atom. The zero-order valence-electron chi connectivity index (χ0n) is 11.7. The first-order chi connectivity index (χ1) is 9.78. The van der Waals surface area contributed by atoms with E-state index in [1.54, 1.807) is 6.20 Å². The van der Waals surface area contributed by atoms with Gasteiger partial charge in [0.15, 0.2) is 0 Å². The molecule has 1 aliphatic rings. The third kappa shape index (κ3) is 4.04. The van der Waals surface area contributed by atoms with Crippen LogP contribution < -0.4 is 10.6 Å². The molecule has 1 aromatic rings. The van der Waals surface area contributed by atoms with Crippen LogP contribution in [-0.4, -0.2) is 53.8 Å². The monoisotopic (exact) mass is 318 g/mol. The van der Waals surface area contributed by atoms with Gasteiger partial charge < -0.3 is 10.6 Å². The summed E-state index contributed by atoms with van der Waals surface area (Å²) in [4.78, 5) is 7.89. The Morgan fingerprint density at radius 2 is 1.95 bits per heavy atom. The Bertz CT molecular complexity index is 525. The lowest BCUT2D eigenvalue weighted by molar-refractivity contribution is -0.146. The van der Waals surface area contributed by atoms with E-state index in [0.717, 1.165) is 5.56 Å². The van der Waals surface area contributed by atoms with Gasteiger partial charge in [-0.25, -0.2) is 4.98 Å². The molecule has 0 bridgehead atoms. The van der Waals surface area contributed by atoms with Crippen molar-refractivity contribution in [1.82, 2.24) is 9.88 Å². The second-order valence-corrected chi connectivity index (χ2v) is 5.51. The molecule has 8 heteroatoms. The highest BCUT2D eigenvalue weighted by molar-refractivity contribution is 7.80. The smallest absolute Gasteiger partial charge is 0.389 e. The van der Waals surface area contributed by atoms with Crippen LogP contribution in [-0.2, 0) is 0 Å². The highest BCUT2D eigenvalue weighted by Crippen LogP contribution is 2.23. The second-order valence-electron chi connectivity index (χ2n) is 5.07. The number of nitrogens with two attached hydrogens (primary N) is 1. The number of hydrogen-bond donors (Lipinski definition) is 1. The lowest BCUT2D eigenvalue weighted by Gasteiger charge is -2.36. The molecule has 0 unspecified atom stereocenters. The van der Waals surface area contributed by atoms with Crippen LogP contribution >= 0.6 is 12.2 Å². The molecule has 0 saturated carbocycles. The van der Waals surface area contributed by atoms with Crippen molar-refractivity contribution in [3.63, 3.8) is 0 Å². The molecule has 1 aromatic heterocycles. The molecule has 0 amide bonds. The van der Waals surface area contributed by atoms with E-state index in [2.05, 4.69) is 4.98 Å². The van der Waals surface area contributed by atoms with Crippen LogP contribution in [0.15, 0.2) is 12.3 Å². The van der Waals surface area contributed by atoms with Gasteiger partial charge in [0.05, 0.1) is 12.1 Å². The SMILES string of the molecule is Cc1ccnc(N2CCN(CC(F)(F)F)CC2)c1C(N)=S. The molecular formula is C13H17F3N4S. The van der Waals surface area contributed by atoms with E-state index < -0.39 is 12.7 Å². The average molecular weight is 318 g/mol. The third-order valence-electron chi connectivity index (χ3n) is 3.46. The lowest BCUT2D eigenvalue weighted by atomic mass is 10.1. The van der Waals surface area contributed by atoms with Gasteiger partial charge in [0, 0.05) is 32.4 Å². The molecule has 0 aromatic carbocycles. The number of rotatable bonds is 3. The number of piperazine rings is 1. The van der Waals surface area contributed by atoms with Gasteiger partial charge >= 0.3 is 6.18 Å². The molecule has 1 fully saturated rings. The van der Waals surface area contributed by atoms with Crippen molar-refractivity contribution in [3.05, 3.63) is 23.4 Å². The third-order valence-corrected chi connectivity index (χ3v) is 3.66. The number of halogens is 3. The number of alkyl halides is 3. The summed E-state index contributed by atoms with van der Waals surface area (Å²) in [6.07, 6.45) is -2.50. The summed E-state index contributed by atoms with van der Waals surface area (Å²) in [5.74, 6) is 0.661. The summed E-state index contributed by atoms with van der Waals surface area (Å²) in [7, 11) is 0. The standard InChI is InChI=1S/C13H17F3N4S/c1-9-2-3-18-12(10(9)11(17)21)20-6-4-19(5-7-20)8-13(14,15)16/h2-3H,4-8H2,1H3,(H2,17,21). The van der Waals surface area contributed by atoms with Crippen molar-refractivity contribution in [2.24, 2.45) is 5.73 Å². The van der Waals surface area contributed by atoms with Crippen molar-refractivity contribution in [3.8, 4) is 0 Å². The maximum absolute atomic E-state index is 12.4. The number of hydrogen-bond acceptors (Lipinski definition) is 4.